The number of aryl methyl sites for hydroxylation is 2. The monoisotopic (exact) mass is 203 g/mol. The standard InChI is InChI=1S/C8H10ClNOS/c1-3-5-7(8(9)11)12-6(4-2)10-5/h3-4H2,1-2H3. The predicted octanol–water partition coefficient (Wildman–Crippen LogP) is 2.65. The van der Waals surface area contributed by atoms with Crippen molar-refractivity contribution >= 4 is 28.2 Å². The Morgan fingerprint density at radius 2 is 2.17 bits per heavy atom. The van der Waals surface area contributed by atoms with Crippen molar-refractivity contribution in [2.45, 2.75) is 26.7 Å². The first-order valence-electron chi connectivity index (χ1n) is 3.87. The van der Waals surface area contributed by atoms with E-state index in [4.69, 9.17) is 11.6 Å². The molecule has 0 bridgehead atoms. The highest BCUT2D eigenvalue weighted by Crippen LogP contribution is 2.21. The van der Waals surface area contributed by atoms with Crippen molar-refractivity contribution in [2.24, 2.45) is 0 Å². The zero-order valence-corrected chi connectivity index (χ0v) is 8.63. The summed E-state index contributed by atoms with van der Waals surface area (Å²) in [5.41, 5.74) is 0.830. The van der Waals surface area contributed by atoms with Crippen molar-refractivity contribution in [2.75, 3.05) is 0 Å². The maximum absolute atomic E-state index is 10.9. The normalized spacial score (nSPS) is 10.2. The molecule has 0 saturated heterocycles. The summed E-state index contributed by atoms with van der Waals surface area (Å²) in [5.74, 6) is 0. The molecule has 0 atom stereocenters. The van der Waals surface area contributed by atoms with Crippen LogP contribution in [0.2, 0.25) is 0 Å². The topological polar surface area (TPSA) is 30.0 Å². The molecule has 0 fully saturated rings. The minimum absolute atomic E-state index is 0.385. The Labute approximate surface area is 80.6 Å². The highest BCUT2D eigenvalue weighted by molar-refractivity contribution is 7.15. The van der Waals surface area contributed by atoms with Crippen molar-refractivity contribution < 1.29 is 4.79 Å². The van der Waals surface area contributed by atoms with Gasteiger partial charge in [-0.25, -0.2) is 4.98 Å². The van der Waals surface area contributed by atoms with E-state index in [1.165, 1.54) is 11.3 Å². The van der Waals surface area contributed by atoms with Crippen LogP contribution < -0.4 is 0 Å². The van der Waals surface area contributed by atoms with Gasteiger partial charge >= 0.3 is 0 Å². The van der Waals surface area contributed by atoms with E-state index in [1.54, 1.807) is 0 Å². The van der Waals surface area contributed by atoms with Gasteiger partial charge in [-0.05, 0) is 24.4 Å². The number of rotatable bonds is 3. The lowest BCUT2D eigenvalue weighted by Crippen LogP contribution is -1.91. The first-order valence-corrected chi connectivity index (χ1v) is 5.06. The van der Waals surface area contributed by atoms with Crippen LogP contribution in [-0.4, -0.2) is 10.2 Å². The second-order valence-electron chi connectivity index (χ2n) is 2.36. The fourth-order valence-electron chi connectivity index (χ4n) is 0.945. The van der Waals surface area contributed by atoms with Gasteiger partial charge in [-0.1, -0.05) is 13.8 Å². The summed E-state index contributed by atoms with van der Waals surface area (Å²) in [6.07, 6.45) is 1.63. The van der Waals surface area contributed by atoms with Crippen LogP contribution >= 0.6 is 22.9 Å². The molecule has 0 aliphatic carbocycles. The average molecular weight is 204 g/mol. The lowest BCUT2D eigenvalue weighted by Gasteiger charge is -1.89. The Hall–Kier alpha value is -0.410. The summed E-state index contributed by atoms with van der Waals surface area (Å²) in [7, 11) is 0. The molecular formula is C8H10ClNOS. The van der Waals surface area contributed by atoms with E-state index in [0.717, 1.165) is 23.5 Å². The Bertz CT molecular complexity index is 295. The summed E-state index contributed by atoms with van der Waals surface area (Å²) in [6, 6.07) is 0. The molecule has 2 nitrogen and oxygen atoms in total. The van der Waals surface area contributed by atoms with Gasteiger partial charge < -0.3 is 0 Å². The highest BCUT2D eigenvalue weighted by Gasteiger charge is 2.13. The molecule has 1 rings (SSSR count). The van der Waals surface area contributed by atoms with Crippen LogP contribution in [0.4, 0.5) is 0 Å². The third-order valence-electron chi connectivity index (χ3n) is 1.56. The Balaban J connectivity index is 3.08. The molecule has 0 aromatic carbocycles. The number of carbonyl (C=O) groups is 1. The van der Waals surface area contributed by atoms with Gasteiger partial charge in [0.25, 0.3) is 5.24 Å². The first-order chi connectivity index (χ1) is 5.69. The number of aromatic nitrogens is 1. The molecule has 0 aliphatic heterocycles. The van der Waals surface area contributed by atoms with Crippen molar-refractivity contribution in [3.8, 4) is 0 Å². The van der Waals surface area contributed by atoms with Crippen LogP contribution in [-0.2, 0) is 12.8 Å². The molecule has 1 aromatic rings. The van der Waals surface area contributed by atoms with E-state index in [1.807, 2.05) is 13.8 Å². The fourth-order valence-corrected chi connectivity index (χ4v) is 2.09. The summed E-state index contributed by atoms with van der Waals surface area (Å²) in [6.45, 7) is 3.98. The summed E-state index contributed by atoms with van der Waals surface area (Å²) < 4.78 is 0. The van der Waals surface area contributed by atoms with E-state index in [9.17, 15) is 4.79 Å². The van der Waals surface area contributed by atoms with E-state index in [-0.39, 0.29) is 5.24 Å². The Morgan fingerprint density at radius 3 is 2.50 bits per heavy atom. The second-order valence-corrected chi connectivity index (χ2v) is 3.79. The van der Waals surface area contributed by atoms with E-state index < -0.39 is 0 Å². The lowest BCUT2D eigenvalue weighted by atomic mass is 10.3. The lowest BCUT2D eigenvalue weighted by molar-refractivity contribution is 0.108. The molecule has 0 N–H and O–H groups in total. The quantitative estimate of drug-likeness (QED) is 0.707. The van der Waals surface area contributed by atoms with Crippen LogP contribution in [0.3, 0.4) is 0 Å². The minimum Gasteiger partial charge on any atom is -0.275 e. The number of thiazole rings is 1. The zero-order valence-electron chi connectivity index (χ0n) is 7.06. The van der Waals surface area contributed by atoms with Gasteiger partial charge in [0.1, 0.15) is 4.88 Å². The largest absolute Gasteiger partial charge is 0.275 e. The molecule has 4 heteroatoms. The molecule has 0 radical (unpaired) electrons. The van der Waals surface area contributed by atoms with Crippen LogP contribution in [0, 0.1) is 0 Å². The van der Waals surface area contributed by atoms with Gasteiger partial charge in [0.2, 0.25) is 0 Å². The van der Waals surface area contributed by atoms with E-state index in [2.05, 4.69) is 4.98 Å². The van der Waals surface area contributed by atoms with Gasteiger partial charge in [0, 0.05) is 0 Å². The Morgan fingerprint density at radius 1 is 1.50 bits per heavy atom. The van der Waals surface area contributed by atoms with Crippen LogP contribution in [0.25, 0.3) is 0 Å². The number of hydrogen-bond donors (Lipinski definition) is 0. The van der Waals surface area contributed by atoms with Gasteiger partial charge in [0.15, 0.2) is 0 Å². The van der Waals surface area contributed by atoms with E-state index >= 15 is 0 Å². The molecule has 0 amide bonds. The third-order valence-corrected chi connectivity index (χ3v) is 3.10. The van der Waals surface area contributed by atoms with Crippen molar-refractivity contribution in [3.05, 3.63) is 15.6 Å². The number of hydrogen-bond acceptors (Lipinski definition) is 3. The molecule has 66 valence electrons. The highest BCUT2D eigenvalue weighted by atomic mass is 35.5. The smallest absolute Gasteiger partial charge is 0.264 e. The summed E-state index contributed by atoms with van der Waals surface area (Å²) in [5, 5.41) is 0.597. The van der Waals surface area contributed by atoms with Crippen molar-refractivity contribution in [1.29, 1.82) is 0 Å². The minimum atomic E-state index is -0.385. The fraction of sp³-hybridized carbons (Fsp3) is 0.500. The van der Waals surface area contributed by atoms with Crippen molar-refractivity contribution in [1.82, 2.24) is 4.98 Å². The molecule has 12 heavy (non-hydrogen) atoms. The van der Waals surface area contributed by atoms with Crippen LogP contribution in [0.15, 0.2) is 0 Å². The maximum atomic E-state index is 10.9. The second kappa shape index (κ2) is 4.01. The molecule has 1 heterocycles. The van der Waals surface area contributed by atoms with Gasteiger partial charge in [-0.15, -0.1) is 11.3 Å². The van der Waals surface area contributed by atoms with Crippen LogP contribution in [0.5, 0.6) is 0 Å². The summed E-state index contributed by atoms with van der Waals surface area (Å²) in [4.78, 5) is 15.8. The molecule has 0 spiro atoms. The molecule has 0 saturated carbocycles. The third kappa shape index (κ3) is 1.84. The molecule has 0 unspecified atom stereocenters. The SMILES string of the molecule is CCc1nc(CC)c(C(=O)Cl)s1. The van der Waals surface area contributed by atoms with Crippen LogP contribution in [0.1, 0.15) is 34.2 Å². The molecule has 1 aromatic heterocycles. The van der Waals surface area contributed by atoms with E-state index in [0.29, 0.717) is 4.88 Å². The average Bonchev–Trinajstić information content (AvgIpc) is 2.47. The number of carbonyl (C=O) groups excluding carboxylic acids is 1. The number of halogens is 1. The maximum Gasteiger partial charge on any atom is 0.264 e. The summed E-state index contributed by atoms with van der Waals surface area (Å²) >= 11 is 6.79. The molecular weight excluding hydrogens is 194 g/mol. The predicted molar refractivity (Wildman–Crippen MR) is 51.1 cm³/mol. The van der Waals surface area contributed by atoms with Gasteiger partial charge in [-0.3, -0.25) is 4.79 Å². The number of nitrogens with zero attached hydrogens (tertiary/aromatic N) is 1. The first kappa shape index (κ1) is 9.68. The Kier molecular flexibility index (Phi) is 3.23. The van der Waals surface area contributed by atoms with Gasteiger partial charge in [0.05, 0.1) is 10.7 Å². The zero-order chi connectivity index (χ0) is 9.14. The van der Waals surface area contributed by atoms with Gasteiger partial charge in [-0.2, -0.15) is 0 Å². The molecule has 0 aliphatic rings. The van der Waals surface area contributed by atoms with Crippen molar-refractivity contribution in [3.63, 3.8) is 0 Å².